The molecule has 0 aliphatic rings. The molecule has 0 saturated heterocycles. The number of hydrogen-bond donors (Lipinski definition) is 1. The first-order chi connectivity index (χ1) is 14.1. The standard InChI is InChI=1S/C24H24N4O/c1-17-15-18(2)28(27-17)14-8-13-25-24(29)21-16-23(19-9-4-3-5-10-19)26-22-12-7-6-11-20(21)22/h3-7,9-12,15-16H,8,13-14H2,1-2H3,(H,25,29). The first-order valence-corrected chi connectivity index (χ1v) is 9.86. The molecule has 1 N–H and O–H groups in total. The van der Waals surface area contributed by atoms with Gasteiger partial charge in [0.25, 0.3) is 5.91 Å². The van der Waals surface area contributed by atoms with Crippen LogP contribution in [0.15, 0.2) is 66.7 Å². The van der Waals surface area contributed by atoms with Crippen LogP contribution >= 0.6 is 0 Å². The number of pyridine rings is 1. The Hall–Kier alpha value is -3.47. The predicted molar refractivity (Wildman–Crippen MR) is 116 cm³/mol. The minimum Gasteiger partial charge on any atom is -0.352 e. The minimum absolute atomic E-state index is 0.0749. The number of para-hydroxylation sites is 1. The summed E-state index contributed by atoms with van der Waals surface area (Å²) < 4.78 is 1.98. The van der Waals surface area contributed by atoms with Gasteiger partial charge in [-0.2, -0.15) is 5.10 Å². The molecule has 2 heterocycles. The van der Waals surface area contributed by atoms with Crippen molar-refractivity contribution in [1.82, 2.24) is 20.1 Å². The van der Waals surface area contributed by atoms with Gasteiger partial charge in [-0.15, -0.1) is 0 Å². The number of hydrogen-bond acceptors (Lipinski definition) is 3. The van der Waals surface area contributed by atoms with Crippen molar-refractivity contribution in [3.8, 4) is 11.3 Å². The first-order valence-electron chi connectivity index (χ1n) is 9.86. The molecule has 2 aromatic heterocycles. The van der Waals surface area contributed by atoms with Gasteiger partial charge in [-0.25, -0.2) is 4.98 Å². The summed E-state index contributed by atoms with van der Waals surface area (Å²) in [5, 5.41) is 8.39. The summed E-state index contributed by atoms with van der Waals surface area (Å²) in [5.74, 6) is -0.0749. The van der Waals surface area contributed by atoms with Gasteiger partial charge >= 0.3 is 0 Å². The van der Waals surface area contributed by atoms with E-state index in [0.717, 1.165) is 46.5 Å². The van der Waals surface area contributed by atoms with E-state index in [1.54, 1.807) is 0 Å². The molecule has 4 aromatic rings. The second-order valence-corrected chi connectivity index (χ2v) is 7.20. The number of carbonyl (C=O) groups is 1. The van der Waals surface area contributed by atoms with Gasteiger partial charge in [-0.1, -0.05) is 48.5 Å². The quantitative estimate of drug-likeness (QED) is 0.497. The van der Waals surface area contributed by atoms with E-state index in [9.17, 15) is 4.79 Å². The van der Waals surface area contributed by atoms with Crippen molar-refractivity contribution in [3.05, 3.63) is 83.7 Å². The van der Waals surface area contributed by atoms with Crippen LogP contribution in [0.2, 0.25) is 0 Å². The zero-order chi connectivity index (χ0) is 20.2. The molecule has 0 spiro atoms. The summed E-state index contributed by atoms with van der Waals surface area (Å²) in [5.41, 5.74) is 5.43. The molecule has 0 fully saturated rings. The summed E-state index contributed by atoms with van der Waals surface area (Å²) in [6, 6.07) is 21.7. The third-order valence-electron chi connectivity index (χ3n) is 4.97. The lowest BCUT2D eigenvalue weighted by molar-refractivity contribution is 0.0954. The number of benzene rings is 2. The van der Waals surface area contributed by atoms with Crippen molar-refractivity contribution in [2.75, 3.05) is 6.54 Å². The highest BCUT2D eigenvalue weighted by atomic mass is 16.1. The smallest absolute Gasteiger partial charge is 0.252 e. The fraction of sp³-hybridized carbons (Fsp3) is 0.208. The Morgan fingerprint density at radius 2 is 1.76 bits per heavy atom. The van der Waals surface area contributed by atoms with Gasteiger partial charge in [0.05, 0.1) is 22.5 Å². The van der Waals surface area contributed by atoms with Gasteiger partial charge in [0, 0.05) is 29.7 Å². The summed E-state index contributed by atoms with van der Waals surface area (Å²) in [4.78, 5) is 17.7. The Labute approximate surface area is 170 Å². The maximum absolute atomic E-state index is 13.0. The average Bonchev–Trinajstić information content (AvgIpc) is 3.07. The van der Waals surface area contributed by atoms with Gasteiger partial charge in [0.2, 0.25) is 0 Å². The van der Waals surface area contributed by atoms with E-state index in [2.05, 4.69) is 16.5 Å². The van der Waals surface area contributed by atoms with Crippen molar-refractivity contribution < 1.29 is 4.79 Å². The van der Waals surface area contributed by atoms with Crippen LogP contribution in [0.5, 0.6) is 0 Å². The second-order valence-electron chi connectivity index (χ2n) is 7.20. The van der Waals surface area contributed by atoms with Crippen LogP contribution < -0.4 is 5.32 Å². The summed E-state index contributed by atoms with van der Waals surface area (Å²) in [6.07, 6.45) is 0.822. The molecular weight excluding hydrogens is 360 g/mol. The molecule has 5 nitrogen and oxygen atoms in total. The molecule has 0 saturated carbocycles. The molecule has 5 heteroatoms. The normalized spacial score (nSPS) is 11.0. The first kappa shape index (κ1) is 18.9. The number of fused-ring (bicyclic) bond motifs is 1. The number of carbonyl (C=O) groups excluding carboxylic acids is 1. The van der Waals surface area contributed by atoms with Crippen molar-refractivity contribution in [3.63, 3.8) is 0 Å². The largest absolute Gasteiger partial charge is 0.352 e. The molecule has 0 bridgehead atoms. The van der Waals surface area contributed by atoms with E-state index in [1.807, 2.05) is 79.2 Å². The van der Waals surface area contributed by atoms with E-state index in [1.165, 1.54) is 0 Å². The number of aromatic nitrogens is 3. The topological polar surface area (TPSA) is 59.8 Å². The van der Waals surface area contributed by atoms with Gasteiger partial charge in [-0.3, -0.25) is 9.48 Å². The minimum atomic E-state index is -0.0749. The van der Waals surface area contributed by atoms with Gasteiger partial charge < -0.3 is 5.32 Å². The Kier molecular flexibility index (Phi) is 5.38. The summed E-state index contributed by atoms with van der Waals surface area (Å²) in [6.45, 7) is 5.41. The molecule has 1 amide bonds. The van der Waals surface area contributed by atoms with E-state index in [-0.39, 0.29) is 5.91 Å². The molecule has 0 aliphatic heterocycles. The van der Waals surface area contributed by atoms with Crippen LogP contribution in [0.3, 0.4) is 0 Å². The van der Waals surface area contributed by atoms with Crippen LogP contribution in [0.1, 0.15) is 28.2 Å². The fourth-order valence-corrected chi connectivity index (χ4v) is 3.55. The van der Waals surface area contributed by atoms with Crippen LogP contribution in [0, 0.1) is 13.8 Å². The zero-order valence-corrected chi connectivity index (χ0v) is 16.7. The fourth-order valence-electron chi connectivity index (χ4n) is 3.55. The highest BCUT2D eigenvalue weighted by molar-refractivity contribution is 6.07. The van der Waals surface area contributed by atoms with Crippen LogP contribution in [0.25, 0.3) is 22.2 Å². The Morgan fingerprint density at radius 3 is 2.52 bits per heavy atom. The molecule has 29 heavy (non-hydrogen) atoms. The maximum atomic E-state index is 13.0. The molecule has 0 aliphatic carbocycles. The van der Waals surface area contributed by atoms with Crippen LogP contribution in [0.4, 0.5) is 0 Å². The summed E-state index contributed by atoms with van der Waals surface area (Å²) >= 11 is 0. The number of amides is 1. The monoisotopic (exact) mass is 384 g/mol. The molecule has 2 aromatic carbocycles. The molecule has 4 rings (SSSR count). The highest BCUT2D eigenvalue weighted by Gasteiger charge is 2.13. The average molecular weight is 384 g/mol. The van der Waals surface area contributed by atoms with Crippen LogP contribution in [-0.2, 0) is 6.54 Å². The third-order valence-corrected chi connectivity index (χ3v) is 4.97. The van der Waals surface area contributed by atoms with E-state index in [4.69, 9.17) is 4.98 Å². The molecular formula is C24H24N4O. The molecule has 0 radical (unpaired) electrons. The van der Waals surface area contributed by atoms with E-state index in [0.29, 0.717) is 12.1 Å². The maximum Gasteiger partial charge on any atom is 0.252 e. The van der Waals surface area contributed by atoms with Crippen molar-refractivity contribution in [2.45, 2.75) is 26.8 Å². The number of nitrogens with one attached hydrogen (secondary N) is 1. The van der Waals surface area contributed by atoms with Crippen molar-refractivity contribution in [1.29, 1.82) is 0 Å². The van der Waals surface area contributed by atoms with E-state index >= 15 is 0 Å². The molecule has 146 valence electrons. The Balaban J connectivity index is 1.52. The predicted octanol–water partition coefficient (Wildman–Crippen LogP) is 4.54. The Bertz CT molecular complexity index is 1150. The lowest BCUT2D eigenvalue weighted by atomic mass is 10.0. The van der Waals surface area contributed by atoms with E-state index < -0.39 is 0 Å². The lowest BCUT2D eigenvalue weighted by Gasteiger charge is -2.11. The number of aryl methyl sites for hydroxylation is 3. The Morgan fingerprint density at radius 1 is 1.00 bits per heavy atom. The third kappa shape index (κ3) is 4.19. The number of rotatable bonds is 6. The lowest BCUT2D eigenvalue weighted by Crippen LogP contribution is -2.26. The van der Waals surface area contributed by atoms with Crippen LogP contribution in [-0.4, -0.2) is 27.2 Å². The second kappa shape index (κ2) is 8.27. The molecule has 0 atom stereocenters. The summed E-state index contributed by atoms with van der Waals surface area (Å²) in [7, 11) is 0. The SMILES string of the molecule is Cc1cc(C)n(CCCNC(=O)c2cc(-c3ccccc3)nc3ccccc23)n1. The number of nitrogens with zero attached hydrogens (tertiary/aromatic N) is 3. The van der Waals surface area contributed by atoms with Gasteiger partial charge in [0.15, 0.2) is 0 Å². The van der Waals surface area contributed by atoms with Crippen molar-refractivity contribution in [2.24, 2.45) is 0 Å². The molecule has 0 unspecified atom stereocenters. The zero-order valence-electron chi connectivity index (χ0n) is 16.7. The van der Waals surface area contributed by atoms with Crippen molar-refractivity contribution >= 4 is 16.8 Å². The van der Waals surface area contributed by atoms with Gasteiger partial charge in [-0.05, 0) is 38.5 Å². The highest BCUT2D eigenvalue weighted by Crippen LogP contribution is 2.24. The van der Waals surface area contributed by atoms with Gasteiger partial charge in [0.1, 0.15) is 0 Å².